The lowest BCUT2D eigenvalue weighted by Crippen LogP contribution is -2.52. The summed E-state index contributed by atoms with van der Waals surface area (Å²) in [5, 5.41) is 6.81. The number of likely N-dealkylation sites (N-methyl/N-ethyl adjacent to an activating group) is 1. The molecule has 0 radical (unpaired) electrons. The number of piperazine rings is 1. The molecule has 0 aromatic heterocycles. The van der Waals surface area contributed by atoms with Crippen LogP contribution in [0.5, 0.6) is 0 Å². The minimum absolute atomic E-state index is 0.508. The van der Waals surface area contributed by atoms with Gasteiger partial charge in [-0.05, 0) is 32.2 Å². The first kappa shape index (κ1) is 23.2. The quantitative estimate of drug-likeness (QED) is 0.331. The molecule has 0 aromatic rings. The second kappa shape index (κ2) is 13.3. The van der Waals surface area contributed by atoms with Gasteiger partial charge in [-0.2, -0.15) is 0 Å². The fourth-order valence-electron chi connectivity index (χ4n) is 3.13. The van der Waals surface area contributed by atoms with Crippen molar-refractivity contribution in [1.29, 1.82) is 0 Å². The van der Waals surface area contributed by atoms with E-state index >= 15 is 0 Å². The zero-order valence-electron chi connectivity index (χ0n) is 18.1. The topological polar surface area (TPSA) is 52.1 Å². The van der Waals surface area contributed by atoms with E-state index in [4.69, 9.17) is 9.73 Å². The van der Waals surface area contributed by atoms with Gasteiger partial charge in [0.1, 0.15) is 0 Å². The molecule has 1 unspecified atom stereocenters. The Morgan fingerprint density at radius 3 is 2.35 bits per heavy atom. The van der Waals surface area contributed by atoms with Crippen LogP contribution in [0.2, 0.25) is 0 Å². The molecule has 0 bridgehead atoms. The second-order valence-corrected chi connectivity index (χ2v) is 8.12. The molecule has 1 aliphatic rings. The van der Waals surface area contributed by atoms with E-state index in [9.17, 15) is 0 Å². The maximum atomic E-state index is 5.64. The number of hydrogen-bond acceptors (Lipinski definition) is 4. The highest BCUT2D eigenvalue weighted by atomic mass is 16.5. The first-order chi connectivity index (χ1) is 12.4. The fraction of sp³-hybridized carbons (Fsp3) is 0.950. The molecule has 6 nitrogen and oxygen atoms in total. The van der Waals surface area contributed by atoms with E-state index < -0.39 is 0 Å². The van der Waals surface area contributed by atoms with Crippen molar-refractivity contribution in [2.24, 2.45) is 16.8 Å². The fourth-order valence-corrected chi connectivity index (χ4v) is 3.13. The standard InChI is InChI=1S/C20H43N5O/c1-7-21-20(22-9-8-14-26-16-17(2)3)23-15-19(18(4)5)25-12-10-24(6)11-13-25/h17-19H,7-16H2,1-6H3,(H2,21,22,23). The van der Waals surface area contributed by atoms with Crippen LogP contribution in [0.15, 0.2) is 4.99 Å². The Labute approximate surface area is 161 Å². The molecule has 6 heteroatoms. The Morgan fingerprint density at radius 2 is 1.77 bits per heavy atom. The van der Waals surface area contributed by atoms with E-state index in [1.165, 1.54) is 0 Å². The molecule has 0 amide bonds. The molecule has 26 heavy (non-hydrogen) atoms. The second-order valence-electron chi connectivity index (χ2n) is 8.12. The Hall–Kier alpha value is -0.850. The third kappa shape index (κ3) is 9.74. The van der Waals surface area contributed by atoms with Crippen LogP contribution in [0.3, 0.4) is 0 Å². The van der Waals surface area contributed by atoms with E-state index in [-0.39, 0.29) is 0 Å². The zero-order valence-corrected chi connectivity index (χ0v) is 18.1. The van der Waals surface area contributed by atoms with Crippen molar-refractivity contribution >= 4 is 5.96 Å². The Morgan fingerprint density at radius 1 is 1.08 bits per heavy atom. The van der Waals surface area contributed by atoms with E-state index in [0.717, 1.165) is 71.4 Å². The van der Waals surface area contributed by atoms with E-state index in [1.807, 2.05) is 0 Å². The lowest BCUT2D eigenvalue weighted by Gasteiger charge is -2.39. The summed E-state index contributed by atoms with van der Waals surface area (Å²) in [6, 6.07) is 0.508. The number of rotatable bonds is 11. The molecule has 154 valence electrons. The Kier molecular flexibility index (Phi) is 11.9. The summed E-state index contributed by atoms with van der Waals surface area (Å²) in [4.78, 5) is 9.89. The minimum atomic E-state index is 0.508. The first-order valence-electron chi connectivity index (χ1n) is 10.5. The van der Waals surface area contributed by atoms with Gasteiger partial charge in [0.2, 0.25) is 0 Å². The van der Waals surface area contributed by atoms with Gasteiger partial charge in [0.15, 0.2) is 5.96 Å². The number of nitrogens with one attached hydrogen (secondary N) is 2. The van der Waals surface area contributed by atoms with Crippen LogP contribution >= 0.6 is 0 Å². The van der Waals surface area contributed by atoms with Gasteiger partial charge in [-0.1, -0.05) is 27.7 Å². The highest BCUT2D eigenvalue weighted by Gasteiger charge is 2.24. The average molecular weight is 370 g/mol. The van der Waals surface area contributed by atoms with Crippen LogP contribution in [0, 0.1) is 11.8 Å². The van der Waals surface area contributed by atoms with Crippen LogP contribution in [-0.4, -0.2) is 87.9 Å². The van der Waals surface area contributed by atoms with E-state index in [1.54, 1.807) is 0 Å². The lowest BCUT2D eigenvalue weighted by molar-refractivity contribution is 0.0925. The summed E-state index contributed by atoms with van der Waals surface area (Å²) in [5.41, 5.74) is 0. The van der Waals surface area contributed by atoms with E-state index in [2.05, 4.69) is 62.1 Å². The predicted octanol–water partition coefficient (Wildman–Crippen LogP) is 1.88. The molecule has 0 aromatic carbocycles. The van der Waals surface area contributed by atoms with E-state index in [0.29, 0.717) is 17.9 Å². The molecule has 1 rings (SSSR count). The summed E-state index contributed by atoms with van der Waals surface area (Å²) in [5.74, 6) is 2.13. The number of ether oxygens (including phenoxy) is 1. The molecular weight excluding hydrogens is 326 g/mol. The maximum absolute atomic E-state index is 5.64. The molecule has 0 spiro atoms. The summed E-state index contributed by atoms with van der Waals surface area (Å²) < 4.78 is 5.64. The van der Waals surface area contributed by atoms with Crippen molar-refractivity contribution in [3.63, 3.8) is 0 Å². The largest absolute Gasteiger partial charge is 0.381 e. The maximum Gasteiger partial charge on any atom is 0.191 e. The molecule has 1 heterocycles. The zero-order chi connectivity index (χ0) is 19.4. The van der Waals surface area contributed by atoms with Crippen molar-refractivity contribution < 1.29 is 4.74 Å². The van der Waals surface area contributed by atoms with Gasteiger partial charge in [0.25, 0.3) is 0 Å². The molecule has 2 N–H and O–H groups in total. The third-order valence-corrected chi connectivity index (χ3v) is 4.77. The van der Waals surface area contributed by atoms with Crippen molar-refractivity contribution in [2.45, 2.75) is 47.1 Å². The number of guanidine groups is 1. The molecule has 1 saturated heterocycles. The van der Waals surface area contributed by atoms with Crippen molar-refractivity contribution in [3.8, 4) is 0 Å². The first-order valence-corrected chi connectivity index (χ1v) is 10.5. The van der Waals surface area contributed by atoms with Crippen LogP contribution in [-0.2, 0) is 4.74 Å². The summed E-state index contributed by atoms with van der Waals surface area (Å²) in [6.45, 7) is 20.0. The summed E-state index contributed by atoms with van der Waals surface area (Å²) in [7, 11) is 2.21. The highest BCUT2D eigenvalue weighted by molar-refractivity contribution is 5.79. The monoisotopic (exact) mass is 369 g/mol. The Balaban J connectivity index is 2.43. The highest BCUT2D eigenvalue weighted by Crippen LogP contribution is 2.14. The number of nitrogens with zero attached hydrogens (tertiary/aromatic N) is 3. The molecule has 1 aliphatic heterocycles. The van der Waals surface area contributed by atoms with Crippen LogP contribution < -0.4 is 10.6 Å². The lowest BCUT2D eigenvalue weighted by atomic mass is 10.0. The summed E-state index contributed by atoms with van der Waals surface area (Å²) >= 11 is 0. The normalized spacial score (nSPS) is 18.5. The van der Waals surface area contributed by atoms with Gasteiger partial charge in [0.05, 0.1) is 6.54 Å². The van der Waals surface area contributed by atoms with Crippen molar-refractivity contribution in [3.05, 3.63) is 0 Å². The van der Waals surface area contributed by atoms with Crippen molar-refractivity contribution in [1.82, 2.24) is 20.4 Å². The number of hydrogen-bond donors (Lipinski definition) is 2. The molecule has 1 fully saturated rings. The molecule has 0 aliphatic carbocycles. The van der Waals surface area contributed by atoms with Gasteiger partial charge in [-0.3, -0.25) is 9.89 Å². The van der Waals surface area contributed by atoms with Crippen LogP contribution in [0.1, 0.15) is 41.0 Å². The van der Waals surface area contributed by atoms with Crippen molar-refractivity contribution in [2.75, 3.05) is 66.1 Å². The average Bonchev–Trinajstić information content (AvgIpc) is 2.59. The number of aliphatic imine (C=N–C) groups is 1. The molecular formula is C20H43N5O. The van der Waals surface area contributed by atoms with Crippen LogP contribution in [0.25, 0.3) is 0 Å². The molecule has 0 saturated carbocycles. The molecule has 1 atom stereocenters. The predicted molar refractivity (Wildman–Crippen MR) is 112 cm³/mol. The third-order valence-electron chi connectivity index (χ3n) is 4.77. The minimum Gasteiger partial charge on any atom is -0.381 e. The van der Waals surface area contributed by atoms with Crippen LogP contribution in [0.4, 0.5) is 0 Å². The van der Waals surface area contributed by atoms with Gasteiger partial charge in [-0.25, -0.2) is 0 Å². The van der Waals surface area contributed by atoms with Gasteiger partial charge in [0, 0.05) is 58.5 Å². The van der Waals surface area contributed by atoms with Gasteiger partial charge in [-0.15, -0.1) is 0 Å². The van der Waals surface area contributed by atoms with Gasteiger partial charge >= 0.3 is 0 Å². The summed E-state index contributed by atoms with van der Waals surface area (Å²) in [6.07, 6.45) is 1.00. The van der Waals surface area contributed by atoms with Gasteiger partial charge < -0.3 is 20.3 Å². The smallest absolute Gasteiger partial charge is 0.191 e. The SMILES string of the molecule is CCNC(=NCC(C(C)C)N1CCN(C)CC1)NCCCOCC(C)C. The Bertz CT molecular complexity index is 378.